The molecule has 112 valence electrons. The second-order valence-electron chi connectivity index (χ2n) is 5.86. The number of nitrogens with zero attached hydrogens (tertiary/aromatic N) is 1. The first kappa shape index (κ1) is 16.4. The number of hydrogen-bond donors (Lipinski definition) is 1. The van der Waals surface area contributed by atoms with Gasteiger partial charge < -0.3 is 10.1 Å². The van der Waals surface area contributed by atoms with E-state index in [-0.39, 0.29) is 18.3 Å². The first-order valence-electron chi connectivity index (χ1n) is 7.05. The van der Waals surface area contributed by atoms with Gasteiger partial charge in [-0.15, -0.1) is 0 Å². The fourth-order valence-corrected chi connectivity index (χ4v) is 1.78. The van der Waals surface area contributed by atoms with E-state index in [1.807, 2.05) is 33.2 Å². The van der Waals surface area contributed by atoms with Crippen LogP contribution in [0.3, 0.4) is 0 Å². The molecule has 0 aromatic rings. The average Bonchev–Trinajstić information content (AvgIpc) is 2.79. The standard InChI is InChI=1S/C15H24N2O3/c1-15(2,3)20-14(19)6-4-5-13(18)17-10-8-12-7-9-16-11-12/h9,11H,4-8,10H2,1-3H3,(H,17,18). The molecule has 0 atom stereocenters. The number of esters is 1. The lowest BCUT2D eigenvalue weighted by atomic mass is 10.1. The summed E-state index contributed by atoms with van der Waals surface area (Å²) >= 11 is 0. The van der Waals surface area contributed by atoms with Gasteiger partial charge in [-0.25, -0.2) is 0 Å². The summed E-state index contributed by atoms with van der Waals surface area (Å²) in [7, 11) is 0. The van der Waals surface area contributed by atoms with Crippen molar-refractivity contribution in [2.24, 2.45) is 4.99 Å². The van der Waals surface area contributed by atoms with Gasteiger partial charge in [-0.05, 0) is 39.2 Å². The van der Waals surface area contributed by atoms with E-state index in [1.165, 1.54) is 5.57 Å². The second-order valence-corrected chi connectivity index (χ2v) is 5.86. The summed E-state index contributed by atoms with van der Waals surface area (Å²) in [5.74, 6) is -0.272. The van der Waals surface area contributed by atoms with Gasteiger partial charge in [0.2, 0.25) is 5.91 Å². The van der Waals surface area contributed by atoms with E-state index in [4.69, 9.17) is 4.74 Å². The minimum Gasteiger partial charge on any atom is -0.460 e. The number of ether oxygens (including phenoxy) is 1. The van der Waals surface area contributed by atoms with Crippen molar-refractivity contribution in [3.8, 4) is 0 Å². The highest BCUT2D eigenvalue weighted by Crippen LogP contribution is 2.11. The van der Waals surface area contributed by atoms with Crippen molar-refractivity contribution < 1.29 is 14.3 Å². The molecule has 0 fully saturated rings. The smallest absolute Gasteiger partial charge is 0.306 e. The van der Waals surface area contributed by atoms with Crippen LogP contribution in [-0.4, -0.2) is 30.2 Å². The van der Waals surface area contributed by atoms with Gasteiger partial charge in [0.25, 0.3) is 0 Å². The lowest BCUT2D eigenvalue weighted by molar-refractivity contribution is -0.154. The molecule has 1 heterocycles. The second kappa shape index (κ2) is 7.82. The predicted molar refractivity (Wildman–Crippen MR) is 78.5 cm³/mol. The zero-order valence-electron chi connectivity index (χ0n) is 12.6. The minimum atomic E-state index is -0.462. The maximum atomic E-state index is 11.6. The van der Waals surface area contributed by atoms with Gasteiger partial charge in [0.05, 0.1) is 0 Å². The Hall–Kier alpha value is -1.65. The van der Waals surface area contributed by atoms with E-state index >= 15 is 0 Å². The zero-order valence-corrected chi connectivity index (χ0v) is 12.6. The molecule has 0 aliphatic carbocycles. The third kappa shape index (κ3) is 7.71. The van der Waals surface area contributed by atoms with Crippen LogP contribution >= 0.6 is 0 Å². The number of hydrogen-bond acceptors (Lipinski definition) is 4. The van der Waals surface area contributed by atoms with Gasteiger partial charge in [0.15, 0.2) is 0 Å². The molecule has 1 aliphatic rings. The molecule has 1 aliphatic heterocycles. The Bertz CT molecular complexity index is 406. The third-order valence-electron chi connectivity index (χ3n) is 2.69. The highest BCUT2D eigenvalue weighted by molar-refractivity contribution is 5.77. The van der Waals surface area contributed by atoms with E-state index in [2.05, 4.69) is 10.3 Å². The van der Waals surface area contributed by atoms with Gasteiger partial charge in [-0.3, -0.25) is 14.6 Å². The van der Waals surface area contributed by atoms with E-state index < -0.39 is 5.60 Å². The molecule has 0 unspecified atom stereocenters. The van der Waals surface area contributed by atoms with Crippen LogP contribution in [0.25, 0.3) is 0 Å². The summed E-state index contributed by atoms with van der Waals surface area (Å²) in [6, 6.07) is 0. The Balaban J connectivity index is 2.03. The highest BCUT2D eigenvalue weighted by Gasteiger charge is 2.16. The van der Waals surface area contributed by atoms with Crippen LogP contribution in [0, 0.1) is 0 Å². The minimum absolute atomic E-state index is 0.0203. The van der Waals surface area contributed by atoms with Crippen LogP contribution in [0.1, 0.15) is 52.9 Å². The topological polar surface area (TPSA) is 67.8 Å². The monoisotopic (exact) mass is 280 g/mol. The molecule has 1 rings (SSSR count). The van der Waals surface area contributed by atoms with Crippen molar-refractivity contribution in [2.75, 3.05) is 6.54 Å². The quantitative estimate of drug-likeness (QED) is 0.728. The number of nitrogens with one attached hydrogen (secondary N) is 1. The van der Waals surface area contributed by atoms with E-state index in [1.54, 1.807) is 0 Å². The van der Waals surface area contributed by atoms with Crippen molar-refractivity contribution >= 4 is 18.1 Å². The maximum Gasteiger partial charge on any atom is 0.306 e. The summed E-state index contributed by atoms with van der Waals surface area (Å²) < 4.78 is 5.18. The molecular weight excluding hydrogens is 256 g/mol. The largest absolute Gasteiger partial charge is 0.460 e. The number of carbonyl (C=O) groups excluding carboxylic acids is 2. The Morgan fingerprint density at radius 2 is 2.10 bits per heavy atom. The molecule has 1 N–H and O–H groups in total. The lowest BCUT2D eigenvalue weighted by Crippen LogP contribution is -2.26. The lowest BCUT2D eigenvalue weighted by Gasteiger charge is -2.19. The van der Waals surface area contributed by atoms with Crippen molar-refractivity contribution in [2.45, 2.75) is 58.5 Å². The van der Waals surface area contributed by atoms with Crippen LogP contribution in [0.15, 0.2) is 16.8 Å². The van der Waals surface area contributed by atoms with Gasteiger partial charge in [0.1, 0.15) is 5.60 Å². The molecule has 0 aromatic heterocycles. The first-order valence-corrected chi connectivity index (χ1v) is 7.05. The Morgan fingerprint density at radius 1 is 1.35 bits per heavy atom. The number of amides is 1. The fourth-order valence-electron chi connectivity index (χ4n) is 1.78. The molecule has 1 amide bonds. The number of rotatable bonds is 7. The van der Waals surface area contributed by atoms with Crippen molar-refractivity contribution in [1.82, 2.24) is 5.32 Å². The molecule has 0 bridgehead atoms. The third-order valence-corrected chi connectivity index (χ3v) is 2.69. The van der Waals surface area contributed by atoms with Crippen LogP contribution in [0.2, 0.25) is 0 Å². The van der Waals surface area contributed by atoms with Crippen LogP contribution in [0.4, 0.5) is 0 Å². The maximum absolute atomic E-state index is 11.6. The predicted octanol–water partition coefficient (Wildman–Crippen LogP) is 2.36. The van der Waals surface area contributed by atoms with Crippen molar-refractivity contribution in [3.05, 3.63) is 11.8 Å². The molecule has 0 spiro atoms. The number of aliphatic imine (C=N–C) groups is 1. The first-order chi connectivity index (χ1) is 9.37. The average molecular weight is 280 g/mol. The van der Waals surface area contributed by atoms with Gasteiger partial charge in [-0.2, -0.15) is 0 Å². The summed E-state index contributed by atoms with van der Waals surface area (Å²) in [5.41, 5.74) is 0.773. The van der Waals surface area contributed by atoms with Crippen molar-refractivity contribution in [1.29, 1.82) is 0 Å². The Kier molecular flexibility index (Phi) is 6.42. The van der Waals surface area contributed by atoms with Gasteiger partial charge >= 0.3 is 5.97 Å². The molecule has 5 nitrogen and oxygen atoms in total. The summed E-state index contributed by atoms with van der Waals surface area (Å²) in [6.07, 6.45) is 6.57. The van der Waals surface area contributed by atoms with Gasteiger partial charge in [-0.1, -0.05) is 0 Å². The molecule has 20 heavy (non-hydrogen) atoms. The zero-order chi connectivity index (χ0) is 15.0. The summed E-state index contributed by atoms with van der Waals surface area (Å²) in [6.45, 7) is 6.12. The summed E-state index contributed by atoms with van der Waals surface area (Å²) in [5, 5.41) is 2.84. The number of carbonyl (C=O) groups is 2. The van der Waals surface area contributed by atoms with E-state index in [0.29, 0.717) is 19.4 Å². The van der Waals surface area contributed by atoms with Crippen LogP contribution in [-0.2, 0) is 14.3 Å². The van der Waals surface area contributed by atoms with Crippen LogP contribution < -0.4 is 5.32 Å². The molecule has 0 aromatic carbocycles. The van der Waals surface area contributed by atoms with E-state index in [0.717, 1.165) is 12.8 Å². The highest BCUT2D eigenvalue weighted by atomic mass is 16.6. The molecular formula is C15H24N2O3. The molecule has 5 heteroatoms. The Morgan fingerprint density at radius 3 is 2.70 bits per heavy atom. The Labute approximate surface area is 120 Å². The normalized spacial score (nSPS) is 14.1. The van der Waals surface area contributed by atoms with Gasteiger partial charge in [0, 0.05) is 38.2 Å². The van der Waals surface area contributed by atoms with Crippen LogP contribution in [0.5, 0.6) is 0 Å². The van der Waals surface area contributed by atoms with Crippen molar-refractivity contribution in [3.63, 3.8) is 0 Å². The molecule has 0 saturated heterocycles. The molecule has 0 saturated carbocycles. The van der Waals surface area contributed by atoms with E-state index in [9.17, 15) is 9.59 Å². The molecule has 0 radical (unpaired) electrons. The SMILES string of the molecule is CC(C)(C)OC(=O)CCCC(=O)NCCC1=CN=CC1. The summed E-state index contributed by atoms with van der Waals surface area (Å²) in [4.78, 5) is 27.0. The fraction of sp³-hybridized carbons (Fsp3) is 0.667.